The lowest BCUT2D eigenvalue weighted by Crippen LogP contribution is -2.19. The molecule has 6 N–H and O–H groups in total. The Morgan fingerprint density at radius 1 is 1.19 bits per heavy atom. The van der Waals surface area contributed by atoms with Gasteiger partial charge in [0.15, 0.2) is 5.82 Å². The van der Waals surface area contributed by atoms with Crippen molar-refractivity contribution in [3.63, 3.8) is 0 Å². The number of nitrogens with one attached hydrogen (secondary N) is 3. The van der Waals surface area contributed by atoms with Crippen molar-refractivity contribution in [1.29, 1.82) is 0 Å². The number of rotatable bonds is 7. The molecule has 4 rings (SSSR count). The molecule has 1 aliphatic rings. The number of pyridine rings is 1. The van der Waals surface area contributed by atoms with E-state index in [1.807, 2.05) is 35.1 Å². The van der Waals surface area contributed by atoms with Crippen LogP contribution in [0.25, 0.3) is 0 Å². The van der Waals surface area contributed by atoms with Crippen LogP contribution in [0.5, 0.6) is 0 Å². The number of fused-ring (bicyclic) bond motifs is 1. The molecule has 1 unspecified atom stereocenters. The summed E-state index contributed by atoms with van der Waals surface area (Å²) in [4.78, 5) is 4.26. The highest BCUT2D eigenvalue weighted by Crippen LogP contribution is 2.30. The summed E-state index contributed by atoms with van der Waals surface area (Å²) in [5, 5.41) is 13.9. The molecule has 3 heterocycles. The van der Waals surface area contributed by atoms with Gasteiger partial charge in [-0.3, -0.25) is 10.1 Å². The van der Waals surface area contributed by atoms with Crippen LogP contribution in [-0.2, 0) is 6.42 Å². The van der Waals surface area contributed by atoms with Crippen LogP contribution in [0.2, 0.25) is 0 Å². The SMILES string of the molecule is Nc1cc(Cc2cnn(C(CCCO)c3ccccc3)c2)c2c(n1)NNN2. The van der Waals surface area contributed by atoms with Crippen LogP contribution in [0.4, 0.5) is 17.3 Å². The highest BCUT2D eigenvalue weighted by Gasteiger charge is 2.18. The average Bonchev–Trinajstić information content (AvgIpc) is 3.32. The van der Waals surface area contributed by atoms with E-state index in [0.717, 1.165) is 29.7 Å². The molecule has 140 valence electrons. The molecule has 0 saturated carbocycles. The average molecular weight is 365 g/mol. The summed E-state index contributed by atoms with van der Waals surface area (Å²) in [6.07, 6.45) is 6.19. The Hall–Kier alpha value is -3.10. The van der Waals surface area contributed by atoms with Gasteiger partial charge in [0.05, 0.1) is 17.9 Å². The van der Waals surface area contributed by atoms with Crippen LogP contribution in [0.1, 0.15) is 35.6 Å². The molecule has 2 aromatic heterocycles. The fourth-order valence-corrected chi connectivity index (χ4v) is 3.41. The van der Waals surface area contributed by atoms with E-state index in [2.05, 4.69) is 44.8 Å². The molecule has 0 bridgehead atoms. The highest BCUT2D eigenvalue weighted by atomic mass is 16.2. The Morgan fingerprint density at radius 3 is 2.85 bits per heavy atom. The third kappa shape index (κ3) is 3.71. The van der Waals surface area contributed by atoms with Crippen LogP contribution < -0.4 is 22.1 Å². The Labute approximate surface area is 157 Å². The lowest BCUT2D eigenvalue weighted by Gasteiger charge is -2.17. The van der Waals surface area contributed by atoms with Crippen molar-refractivity contribution in [2.24, 2.45) is 0 Å². The fourth-order valence-electron chi connectivity index (χ4n) is 3.41. The number of hydrogen-bond acceptors (Lipinski definition) is 7. The zero-order valence-corrected chi connectivity index (χ0v) is 14.9. The van der Waals surface area contributed by atoms with Gasteiger partial charge in [0, 0.05) is 19.2 Å². The molecule has 1 aliphatic heterocycles. The summed E-state index contributed by atoms with van der Waals surface area (Å²) in [6.45, 7) is 0.172. The van der Waals surface area contributed by atoms with E-state index in [1.165, 1.54) is 5.56 Å². The van der Waals surface area contributed by atoms with Gasteiger partial charge in [-0.25, -0.2) is 4.98 Å². The van der Waals surface area contributed by atoms with Gasteiger partial charge in [0.1, 0.15) is 5.82 Å². The van der Waals surface area contributed by atoms with Crippen molar-refractivity contribution in [2.45, 2.75) is 25.3 Å². The number of nitrogens with zero attached hydrogens (tertiary/aromatic N) is 3. The molecular formula is C19H23N7O. The van der Waals surface area contributed by atoms with Crippen LogP contribution in [0.3, 0.4) is 0 Å². The number of hydrazine groups is 2. The van der Waals surface area contributed by atoms with Crippen molar-refractivity contribution in [1.82, 2.24) is 20.3 Å². The molecule has 0 fully saturated rings. The summed E-state index contributed by atoms with van der Waals surface area (Å²) in [5.74, 6) is 1.17. The van der Waals surface area contributed by atoms with Gasteiger partial charge in [-0.05, 0) is 35.6 Å². The van der Waals surface area contributed by atoms with E-state index in [9.17, 15) is 5.11 Å². The summed E-state index contributed by atoms with van der Waals surface area (Å²) >= 11 is 0. The number of aliphatic hydroxyl groups is 1. The zero-order valence-electron chi connectivity index (χ0n) is 14.9. The lowest BCUT2D eigenvalue weighted by molar-refractivity contribution is 0.274. The molecule has 8 heteroatoms. The number of nitrogen functional groups attached to an aromatic ring is 1. The fraction of sp³-hybridized carbons (Fsp3) is 0.263. The molecule has 8 nitrogen and oxygen atoms in total. The molecule has 0 saturated heterocycles. The van der Waals surface area contributed by atoms with Gasteiger partial charge in [-0.2, -0.15) is 5.10 Å². The Kier molecular flexibility index (Phi) is 4.91. The normalized spacial score (nSPS) is 13.7. The van der Waals surface area contributed by atoms with Gasteiger partial charge >= 0.3 is 0 Å². The van der Waals surface area contributed by atoms with Gasteiger partial charge in [0.2, 0.25) is 0 Å². The van der Waals surface area contributed by atoms with E-state index in [0.29, 0.717) is 18.1 Å². The predicted octanol–water partition coefficient (Wildman–Crippen LogP) is 2.07. The number of hydrogen-bond donors (Lipinski definition) is 5. The minimum Gasteiger partial charge on any atom is -0.396 e. The van der Waals surface area contributed by atoms with E-state index < -0.39 is 0 Å². The third-order valence-electron chi connectivity index (χ3n) is 4.68. The van der Waals surface area contributed by atoms with Crippen LogP contribution in [0, 0.1) is 0 Å². The first kappa shape index (κ1) is 17.3. The molecular weight excluding hydrogens is 342 g/mol. The summed E-state index contributed by atoms with van der Waals surface area (Å²) in [7, 11) is 0. The van der Waals surface area contributed by atoms with Gasteiger partial charge in [-0.1, -0.05) is 30.3 Å². The second kappa shape index (κ2) is 7.65. The van der Waals surface area contributed by atoms with E-state index in [1.54, 1.807) is 0 Å². The zero-order chi connectivity index (χ0) is 18.6. The molecule has 0 aliphatic carbocycles. The molecule has 1 atom stereocenters. The van der Waals surface area contributed by atoms with E-state index in [4.69, 9.17) is 5.73 Å². The molecule has 0 spiro atoms. The van der Waals surface area contributed by atoms with Gasteiger partial charge < -0.3 is 16.3 Å². The lowest BCUT2D eigenvalue weighted by atomic mass is 10.0. The van der Waals surface area contributed by atoms with Crippen molar-refractivity contribution in [3.05, 3.63) is 65.5 Å². The topological polar surface area (TPSA) is 113 Å². The number of aromatic nitrogens is 3. The quantitative estimate of drug-likeness (QED) is 0.436. The summed E-state index contributed by atoms with van der Waals surface area (Å²) < 4.78 is 1.98. The maximum Gasteiger partial charge on any atom is 0.169 e. The molecule has 27 heavy (non-hydrogen) atoms. The maximum absolute atomic E-state index is 9.26. The first-order valence-corrected chi connectivity index (χ1v) is 9.00. The van der Waals surface area contributed by atoms with Crippen molar-refractivity contribution in [2.75, 3.05) is 23.2 Å². The Balaban J connectivity index is 1.59. The number of benzene rings is 1. The molecule has 1 aromatic carbocycles. The number of aliphatic hydroxyl groups excluding tert-OH is 1. The van der Waals surface area contributed by atoms with Crippen molar-refractivity contribution in [3.8, 4) is 0 Å². The second-order valence-corrected chi connectivity index (χ2v) is 6.60. The second-order valence-electron chi connectivity index (χ2n) is 6.60. The summed E-state index contributed by atoms with van der Waals surface area (Å²) in [6, 6.07) is 12.2. The first-order valence-electron chi connectivity index (χ1n) is 9.00. The van der Waals surface area contributed by atoms with E-state index in [-0.39, 0.29) is 12.6 Å². The predicted molar refractivity (Wildman–Crippen MR) is 105 cm³/mol. The van der Waals surface area contributed by atoms with Crippen LogP contribution >= 0.6 is 0 Å². The standard InChI is InChI=1S/C19H23N7O/c20-17-10-15(18-19(22-17)24-25-23-18)9-13-11-21-26(12-13)16(7-4-8-27)14-5-2-1-3-6-14/h1-3,5-6,10-12,16,23,25,27H,4,7-9H2,(H3,20,22,24). The maximum atomic E-state index is 9.26. The van der Waals surface area contributed by atoms with Crippen LogP contribution in [-0.4, -0.2) is 26.5 Å². The first-order chi connectivity index (χ1) is 13.2. The molecule has 0 radical (unpaired) electrons. The summed E-state index contributed by atoms with van der Waals surface area (Å²) in [5.41, 5.74) is 19.0. The molecule has 3 aromatic rings. The third-order valence-corrected chi connectivity index (χ3v) is 4.68. The number of nitrogens with two attached hydrogens (primary N) is 1. The van der Waals surface area contributed by atoms with Crippen LogP contribution in [0.15, 0.2) is 48.8 Å². The van der Waals surface area contributed by atoms with Gasteiger partial charge in [-0.15, -0.1) is 5.53 Å². The highest BCUT2D eigenvalue weighted by molar-refractivity contribution is 5.74. The Bertz CT molecular complexity index is 910. The molecule has 0 amide bonds. The monoisotopic (exact) mass is 365 g/mol. The van der Waals surface area contributed by atoms with Crippen molar-refractivity contribution >= 4 is 17.3 Å². The number of anilines is 3. The van der Waals surface area contributed by atoms with Crippen molar-refractivity contribution < 1.29 is 5.11 Å². The minimum absolute atomic E-state index is 0.0989. The van der Waals surface area contributed by atoms with E-state index >= 15 is 0 Å². The smallest absolute Gasteiger partial charge is 0.169 e. The minimum atomic E-state index is 0.0989. The van der Waals surface area contributed by atoms with Gasteiger partial charge in [0.25, 0.3) is 0 Å². The largest absolute Gasteiger partial charge is 0.396 e. The Morgan fingerprint density at radius 2 is 2.04 bits per heavy atom.